The number of carbonyl (C=O) groups excluding carboxylic acids is 2. The van der Waals surface area contributed by atoms with Gasteiger partial charge in [0.15, 0.2) is 0 Å². The molecule has 0 aromatic rings. The van der Waals surface area contributed by atoms with E-state index in [9.17, 15) is 9.59 Å². The Hall–Kier alpha value is -0.726. The summed E-state index contributed by atoms with van der Waals surface area (Å²) in [5.74, 6) is -0.327. The molecule has 0 aliphatic carbocycles. The largest absolute Gasteiger partial charge is 0.330 e. The lowest BCUT2D eigenvalue weighted by Crippen LogP contribution is -2.76. The molecule has 0 radical (unpaired) electrons. The topological polar surface area (TPSA) is 63.4 Å². The van der Waals surface area contributed by atoms with Crippen LogP contribution in [0.1, 0.15) is 6.42 Å². The molecule has 0 unspecified atom stereocenters. The van der Waals surface area contributed by atoms with Crippen molar-refractivity contribution in [3.8, 4) is 0 Å². The zero-order valence-electron chi connectivity index (χ0n) is 12.9. The van der Waals surface area contributed by atoms with Crippen molar-refractivity contribution in [1.82, 2.24) is 4.90 Å². The zero-order valence-corrected chi connectivity index (χ0v) is 14.9. The number of hydrogen-bond donors (Lipinski definition) is 1. The molecule has 0 fully saturated rings. The number of amides is 2. The molecule has 0 aromatic heterocycles. The van der Waals surface area contributed by atoms with Crippen molar-refractivity contribution in [3.63, 3.8) is 0 Å². The fourth-order valence-corrected chi connectivity index (χ4v) is 16.2. The first-order chi connectivity index (χ1) is 8.49. The van der Waals surface area contributed by atoms with Gasteiger partial charge in [0.05, 0.1) is 16.1 Å². The first-order valence-electron chi connectivity index (χ1n) is 6.75. The molecule has 6 heteroatoms. The Bertz CT molecular complexity index is 387. The van der Waals surface area contributed by atoms with E-state index in [4.69, 9.17) is 5.73 Å². The molecule has 0 atom stereocenters. The molecule has 0 aromatic carbocycles. The maximum Gasteiger partial charge on any atom is 0.253 e. The van der Waals surface area contributed by atoms with Gasteiger partial charge in [0, 0.05) is 16.9 Å². The summed E-state index contributed by atoms with van der Waals surface area (Å²) in [6.45, 7) is 13.9. The van der Waals surface area contributed by atoms with Crippen LogP contribution in [0, 0.1) is 0 Å². The van der Waals surface area contributed by atoms with Crippen molar-refractivity contribution < 1.29 is 9.59 Å². The third-order valence-electron chi connectivity index (χ3n) is 4.18. The second kappa shape index (κ2) is 4.99. The van der Waals surface area contributed by atoms with Gasteiger partial charge in [-0.3, -0.25) is 14.5 Å². The highest BCUT2D eigenvalue weighted by atomic mass is 28.4. The van der Waals surface area contributed by atoms with Crippen molar-refractivity contribution >= 4 is 28.0 Å². The predicted octanol–water partition coefficient (Wildman–Crippen LogP) is 1.75. The number of carbonyl (C=O) groups is 2. The summed E-state index contributed by atoms with van der Waals surface area (Å²) >= 11 is 0. The van der Waals surface area contributed by atoms with E-state index in [0.29, 0.717) is 6.54 Å². The molecule has 1 heterocycles. The number of rotatable bonds is 5. The maximum absolute atomic E-state index is 12.2. The maximum atomic E-state index is 12.2. The predicted molar refractivity (Wildman–Crippen MR) is 84.1 cm³/mol. The van der Waals surface area contributed by atoms with Crippen LogP contribution in [0.5, 0.6) is 0 Å². The van der Waals surface area contributed by atoms with Crippen molar-refractivity contribution in [2.75, 3.05) is 6.54 Å². The quantitative estimate of drug-likeness (QED) is 0.621. The summed E-state index contributed by atoms with van der Waals surface area (Å²) in [6.07, 6.45) is 3.51. The molecule has 1 aliphatic rings. The van der Waals surface area contributed by atoms with Gasteiger partial charge in [0.1, 0.15) is 0 Å². The molecule has 0 spiro atoms. The van der Waals surface area contributed by atoms with E-state index in [-0.39, 0.29) is 16.6 Å². The van der Waals surface area contributed by atoms with Crippen LogP contribution < -0.4 is 5.73 Å². The molecule has 2 amide bonds. The van der Waals surface area contributed by atoms with Crippen LogP contribution >= 0.6 is 0 Å². The second-order valence-corrected chi connectivity index (χ2v) is 18.4. The highest BCUT2D eigenvalue weighted by Crippen LogP contribution is 2.40. The average Bonchev–Trinajstić information content (AvgIpc) is 2.52. The molecular weight excluding hydrogens is 272 g/mol. The number of imide groups is 1. The van der Waals surface area contributed by atoms with Crippen molar-refractivity contribution in [2.45, 2.75) is 50.5 Å². The van der Waals surface area contributed by atoms with Crippen LogP contribution in [0.3, 0.4) is 0 Å². The molecule has 4 nitrogen and oxygen atoms in total. The van der Waals surface area contributed by atoms with Gasteiger partial charge in [-0.25, -0.2) is 0 Å². The molecule has 0 saturated carbocycles. The van der Waals surface area contributed by atoms with Gasteiger partial charge in [-0.15, -0.1) is 0 Å². The van der Waals surface area contributed by atoms with Gasteiger partial charge in [-0.2, -0.15) is 0 Å². The normalized spacial score (nSPS) is 17.5. The Morgan fingerprint density at radius 3 is 1.63 bits per heavy atom. The lowest BCUT2D eigenvalue weighted by atomic mass is 10.3. The average molecular weight is 299 g/mol. The van der Waals surface area contributed by atoms with Crippen molar-refractivity contribution in [3.05, 3.63) is 12.2 Å². The standard InChI is InChI=1S/C13H26N2O2Si2/c1-18(2,3)13(9-10-14,19(4,5)6)15-11(16)7-8-12(15)17/h7-8H,9-10,14H2,1-6H3. The van der Waals surface area contributed by atoms with Crippen LogP contribution in [-0.2, 0) is 9.59 Å². The van der Waals surface area contributed by atoms with Gasteiger partial charge in [-0.05, 0) is 13.0 Å². The van der Waals surface area contributed by atoms with Gasteiger partial charge in [0.25, 0.3) is 11.8 Å². The van der Waals surface area contributed by atoms with Crippen LogP contribution in [0.2, 0.25) is 39.3 Å². The van der Waals surface area contributed by atoms with Gasteiger partial charge >= 0.3 is 0 Å². The fraction of sp³-hybridized carbons (Fsp3) is 0.692. The van der Waals surface area contributed by atoms with E-state index in [1.165, 1.54) is 17.1 Å². The first kappa shape index (κ1) is 16.3. The van der Waals surface area contributed by atoms with Crippen LogP contribution in [-0.4, -0.2) is 44.2 Å². The van der Waals surface area contributed by atoms with E-state index in [2.05, 4.69) is 39.3 Å². The molecule has 2 N–H and O–H groups in total. The molecule has 19 heavy (non-hydrogen) atoms. The molecule has 1 aliphatic heterocycles. The fourth-order valence-electron chi connectivity index (χ4n) is 3.64. The van der Waals surface area contributed by atoms with E-state index in [1.807, 2.05) is 0 Å². The van der Waals surface area contributed by atoms with Crippen molar-refractivity contribution in [2.24, 2.45) is 5.73 Å². The zero-order chi connectivity index (χ0) is 15.1. The Morgan fingerprint density at radius 2 is 1.37 bits per heavy atom. The van der Waals surface area contributed by atoms with E-state index in [0.717, 1.165) is 6.42 Å². The number of nitrogens with two attached hydrogens (primary N) is 1. The lowest BCUT2D eigenvalue weighted by Gasteiger charge is -2.56. The third-order valence-corrected chi connectivity index (χ3v) is 14.6. The van der Waals surface area contributed by atoms with Crippen LogP contribution in [0.4, 0.5) is 0 Å². The summed E-state index contributed by atoms with van der Waals surface area (Å²) in [5.41, 5.74) is 5.84. The minimum atomic E-state index is -1.82. The minimum absolute atomic E-state index is 0.164. The first-order valence-corrected chi connectivity index (χ1v) is 13.8. The summed E-state index contributed by atoms with van der Waals surface area (Å²) in [5, 5.41) is 0. The summed E-state index contributed by atoms with van der Waals surface area (Å²) in [7, 11) is -3.63. The monoisotopic (exact) mass is 298 g/mol. The smallest absolute Gasteiger partial charge is 0.253 e. The lowest BCUT2D eigenvalue weighted by molar-refractivity contribution is -0.139. The molecule has 0 saturated heterocycles. The van der Waals surface area contributed by atoms with Gasteiger partial charge < -0.3 is 5.73 Å². The Morgan fingerprint density at radius 1 is 1.00 bits per heavy atom. The molecule has 0 bridgehead atoms. The summed E-state index contributed by atoms with van der Waals surface area (Å²) in [6, 6.07) is 0. The third kappa shape index (κ3) is 2.48. The van der Waals surface area contributed by atoms with Crippen LogP contribution in [0.25, 0.3) is 0 Å². The summed E-state index contributed by atoms with van der Waals surface area (Å²) < 4.78 is 0. The number of hydrogen-bond acceptors (Lipinski definition) is 3. The van der Waals surface area contributed by atoms with Gasteiger partial charge in [0.2, 0.25) is 0 Å². The minimum Gasteiger partial charge on any atom is -0.330 e. The molecular formula is C13H26N2O2Si2. The van der Waals surface area contributed by atoms with E-state index < -0.39 is 16.1 Å². The van der Waals surface area contributed by atoms with Crippen molar-refractivity contribution in [1.29, 1.82) is 0 Å². The Balaban J connectivity index is 3.50. The van der Waals surface area contributed by atoms with E-state index >= 15 is 0 Å². The van der Waals surface area contributed by atoms with E-state index in [1.54, 1.807) is 0 Å². The molecule has 1 rings (SSSR count). The Kier molecular flexibility index (Phi) is 4.29. The summed E-state index contributed by atoms with van der Waals surface area (Å²) in [4.78, 5) is 25.7. The Labute approximate surface area is 118 Å². The van der Waals surface area contributed by atoms with Gasteiger partial charge in [-0.1, -0.05) is 39.3 Å². The SMILES string of the molecule is C[Si](C)(C)C(CCN)(N1C(=O)C=CC1=O)[Si](C)(C)C. The highest BCUT2D eigenvalue weighted by molar-refractivity contribution is 6.99. The second-order valence-electron chi connectivity index (χ2n) is 7.24. The number of nitrogens with zero attached hydrogens (tertiary/aromatic N) is 1. The van der Waals surface area contributed by atoms with Crippen LogP contribution in [0.15, 0.2) is 12.2 Å². The highest BCUT2D eigenvalue weighted by Gasteiger charge is 2.59. The molecule has 108 valence electrons.